The van der Waals surface area contributed by atoms with Crippen molar-refractivity contribution in [2.45, 2.75) is 24.8 Å². The zero-order valence-corrected chi connectivity index (χ0v) is 18.0. The third-order valence-corrected chi connectivity index (χ3v) is 6.61. The fraction of sp³-hybridized carbons (Fsp3) is 0.263. The van der Waals surface area contributed by atoms with Gasteiger partial charge in [-0.3, -0.25) is 4.68 Å². The molecule has 0 saturated heterocycles. The number of thiophene rings is 1. The minimum absolute atomic E-state index is 0.363. The second-order valence-corrected chi connectivity index (χ2v) is 8.23. The summed E-state index contributed by atoms with van der Waals surface area (Å²) in [7, 11) is 1.92. The number of fused-ring (bicyclic) bond motifs is 3. The molecule has 27 heavy (non-hydrogen) atoms. The molecule has 0 spiro atoms. The van der Waals surface area contributed by atoms with Crippen molar-refractivity contribution in [3.63, 3.8) is 0 Å². The normalized spacial score (nSPS) is 11.6. The van der Waals surface area contributed by atoms with E-state index in [1.807, 2.05) is 18.7 Å². The molecule has 0 aliphatic heterocycles. The Hall–Kier alpha value is -1.81. The number of rotatable bonds is 4. The summed E-state index contributed by atoms with van der Waals surface area (Å²) in [5, 5.41) is 8.99. The Morgan fingerprint density at radius 3 is 2.70 bits per heavy atom. The Morgan fingerprint density at radius 2 is 2.00 bits per heavy atom. The van der Waals surface area contributed by atoms with Crippen LogP contribution in [0.1, 0.15) is 22.4 Å². The van der Waals surface area contributed by atoms with E-state index in [9.17, 15) is 8.78 Å². The van der Waals surface area contributed by atoms with Gasteiger partial charge in [-0.15, -0.1) is 11.3 Å². The number of halogens is 3. The van der Waals surface area contributed by atoms with Crippen molar-refractivity contribution in [2.24, 2.45) is 7.05 Å². The van der Waals surface area contributed by atoms with E-state index in [1.165, 1.54) is 17.2 Å². The highest BCUT2D eigenvalue weighted by atomic mass is 127. The molecule has 0 aliphatic rings. The quantitative estimate of drug-likeness (QED) is 0.293. The van der Waals surface area contributed by atoms with E-state index in [-0.39, 0.29) is 0 Å². The first kappa shape index (κ1) is 18.5. The van der Waals surface area contributed by atoms with Gasteiger partial charge >= 0.3 is 0 Å². The molecule has 0 atom stereocenters. The fourth-order valence-corrected chi connectivity index (χ4v) is 5.72. The number of benzene rings is 1. The van der Waals surface area contributed by atoms with Gasteiger partial charge in [0.05, 0.1) is 10.2 Å². The molecule has 140 valence electrons. The number of pyridine rings is 1. The van der Waals surface area contributed by atoms with E-state index in [0.717, 1.165) is 42.4 Å². The SMILES string of the molecule is Cc1nc2sc3c(NCc4ccc(F)c(F)c4)nn(C)c3c2c(C)c1CI. The summed E-state index contributed by atoms with van der Waals surface area (Å²) in [6, 6.07) is 3.91. The van der Waals surface area contributed by atoms with Crippen LogP contribution in [0.3, 0.4) is 0 Å². The summed E-state index contributed by atoms with van der Waals surface area (Å²) >= 11 is 3.97. The van der Waals surface area contributed by atoms with Gasteiger partial charge in [-0.1, -0.05) is 28.7 Å². The van der Waals surface area contributed by atoms with Gasteiger partial charge in [0.15, 0.2) is 17.5 Å². The fourth-order valence-electron chi connectivity index (χ4n) is 3.33. The van der Waals surface area contributed by atoms with Gasteiger partial charge in [0.1, 0.15) is 4.83 Å². The smallest absolute Gasteiger partial charge is 0.166 e. The van der Waals surface area contributed by atoms with Crippen LogP contribution in [-0.4, -0.2) is 14.8 Å². The lowest BCUT2D eigenvalue weighted by Crippen LogP contribution is -2.02. The monoisotopic (exact) mass is 498 g/mol. The number of aryl methyl sites for hydroxylation is 3. The molecule has 4 aromatic rings. The predicted octanol–water partition coefficient (Wildman–Crippen LogP) is 5.63. The molecule has 0 amide bonds. The van der Waals surface area contributed by atoms with Crippen molar-refractivity contribution in [2.75, 3.05) is 5.32 Å². The van der Waals surface area contributed by atoms with E-state index in [4.69, 9.17) is 4.98 Å². The van der Waals surface area contributed by atoms with Crippen LogP contribution in [0.4, 0.5) is 14.6 Å². The van der Waals surface area contributed by atoms with Crippen molar-refractivity contribution in [3.05, 3.63) is 52.2 Å². The second kappa shape index (κ2) is 6.97. The van der Waals surface area contributed by atoms with Crippen molar-refractivity contribution in [1.82, 2.24) is 14.8 Å². The van der Waals surface area contributed by atoms with Crippen LogP contribution in [0.25, 0.3) is 20.4 Å². The topological polar surface area (TPSA) is 42.7 Å². The molecule has 0 radical (unpaired) electrons. The maximum atomic E-state index is 13.4. The zero-order valence-electron chi connectivity index (χ0n) is 15.0. The number of anilines is 1. The minimum atomic E-state index is -0.844. The molecule has 4 nitrogen and oxygen atoms in total. The number of nitrogens with one attached hydrogen (secondary N) is 1. The van der Waals surface area contributed by atoms with Gasteiger partial charge in [0.2, 0.25) is 0 Å². The molecular weight excluding hydrogens is 481 g/mol. The number of alkyl halides is 1. The molecule has 4 rings (SSSR count). The largest absolute Gasteiger partial charge is 0.363 e. The Bertz CT molecular complexity index is 1180. The number of nitrogens with zero attached hydrogens (tertiary/aromatic N) is 3. The second-order valence-electron chi connectivity index (χ2n) is 6.47. The first-order chi connectivity index (χ1) is 12.9. The molecule has 0 aliphatic carbocycles. The summed E-state index contributed by atoms with van der Waals surface area (Å²) in [5.41, 5.74) is 5.28. The van der Waals surface area contributed by atoms with E-state index in [1.54, 1.807) is 17.4 Å². The van der Waals surface area contributed by atoms with E-state index in [2.05, 4.69) is 39.9 Å². The van der Waals surface area contributed by atoms with Gasteiger partial charge in [-0.05, 0) is 42.7 Å². The molecule has 8 heteroatoms. The molecule has 0 saturated carbocycles. The Balaban J connectivity index is 1.78. The number of hydrogen-bond donors (Lipinski definition) is 1. The standard InChI is InChI=1S/C19H17F2IN4S/c1-9-12(7-22)10(2)24-19-15(9)16-17(27-19)18(25-26(16)3)23-8-11-4-5-13(20)14(21)6-11/h4-6H,7-8H2,1-3H3,(H,23,25). The van der Waals surface area contributed by atoms with Crippen LogP contribution in [0.15, 0.2) is 18.2 Å². The first-order valence-corrected chi connectivity index (χ1v) is 10.7. The van der Waals surface area contributed by atoms with Crippen LogP contribution >= 0.6 is 33.9 Å². The molecular formula is C19H17F2IN4S. The maximum absolute atomic E-state index is 13.4. The highest BCUT2D eigenvalue weighted by molar-refractivity contribution is 14.1. The molecule has 0 unspecified atom stereocenters. The lowest BCUT2D eigenvalue weighted by molar-refractivity contribution is 0.507. The summed E-state index contributed by atoms with van der Waals surface area (Å²) in [6.07, 6.45) is 0. The van der Waals surface area contributed by atoms with Crippen molar-refractivity contribution in [3.8, 4) is 0 Å². The summed E-state index contributed by atoms with van der Waals surface area (Å²) in [6.45, 7) is 4.55. The Kier molecular flexibility index (Phi) is 4.79. The van der Waals surface area contributed by atoms with Crippen molar-refractivity contribution >= 4 is 60.2 Å². The number of aromatic nitrogens is 3. The first-order valence-electron chi connectivity index (χ1n) is 8.39. The average Bonchev–Trinajstić information content (AvgIpc) is 3.14. The van der Waals surface area contributed by atoms with Gasteiger partial charge in [-0.2, -0.15) is 5.10 Å². The van der Waals surface area contributed by atoms with Crippen LogP contribution in [0.5, 0.6) is 0 Å². The zero-order chi connectivity index (χ0) is 19.3. The van der Waals surface area contributed by atoms with Gasteiger partial charge in [0, 0.05) is 29.1 Å². The van der Waals surface area contributed by atoms with Crippen molar-refractivity contribution in [1.29, 1.82) is 0 Å². The lowest BCUT2D eigenvalue weighted by Gasteiger charge is -2.07. The Morgan fingerprint density at radius 1 is 1.22 bits per heavy atom. The van der Waals surface area contributed by atoms with Crippen molar-refractivity contribution < 1.29 is 8.78 Å². The van der Waals surface area contributed by atoms with E-state index < -0.39 is 11.6 Å². The summed E-state index contributed by atoms with van der Waals surface area (Å²) in [5.74, 6) is -0.955. The minimum Gasteiger partial charge on any atom is -0.363 e. The van der Waals surface area contributed by atoms with Crippen LogP contribution in [0.2, 0.25) is 0 Å². The third-order valence-electron chi connectivity index (χ3n) is 4.76. The van der Waals surface area contributed by atoms with Crippen LogP contribution in [0, 0.1) is 25.5 Å². The number of hydrogen-bond acceptors (Lipinski definition) is 4. The van der Waals surface area contributed by atoms with E-state index >= 15 is 0 Å². The predicted molar refractivity (Wildman–Crippen MR) is 115 cm³/mol. The lowest BCUT2D eigenvalue weighted by atomic mass is 10.1. The molecule has 3 heterocycles. The third kappa shape index (κ3) is 3.08. The van der Waals surface area contributed by atoms with Crippen LogP contribution < -0.4 is 5.32 Å². The Labute approximate surface area is 172 Å². The van der Waals surface area contributed by atoms with Crippen LogP contribution in [-0.2, 0) is 18.0 Å². The van der Waals surface area contributed by atoms with E-state index in [0.29, 0.717) is 12.1 Å². The molecule has 1 aromatic carbocycles. The van der Waals surface area contributed by atoms with Gasteiger partial charge in [0.25, 0.3) is 0 Å². The molecule has 0 fully saturated rings. The highest BCUT2D eigenvalue weighted by Gasteiger charge is 2.20. The maximum Gasteiger partial charge on any atom is 0.166 e. The molecule has 0 bridgehead atoms. The summed E-state index contributed by atoms with van der Waals surface area (Å²) in [4.78, 5) is 5.79. The molecule has 3 aromatic heterocycles. The highest BCUT2D eigenvalue weighted by Crippen LogP contribution is 2.40. The van der Waals surface area contributed by atoms with Gasteiger partial charge in [-0.25, -0.2) is 13.8 Å². The molecule has 1 N–H and O–H groups in total. The average molecular weight is 498 g/mol. The summed E-state index contributed by atoms with van der Waals surface area (Å²) < 4.78 is 30.3. The van der Waals surface area contributed by atoms with Gasteiger partial charge < -0.3 is 5.32 Å².